The molecular weight excluding hydrogens is 152 g/mol. The minimum Gasteiger partial charge on any atom is -0.370 e. The van der Waals surface area contributed by atoms with Crippen LogP contribution in [0.4, 0.5) is 5.69 Å². The Balaban J connectivity index is 2.88. The minimum atomic E-state index is -0.0382. The zero-order chi connectivity index (χ0) is 8.97. The van der Waals surface area contributed by atoms with Gasteiger partial charge in [0.2, 0.25) is 0 Å². The van der Waals surface area contributed by atoms with Crippen molar-refractivity contribution in [2.45, 2.75) is 0 Å². The molecule has 4 nitrogen and oxygen atoms in total. The predicted octanol–water partition coefficient (Wildman–Crippen LogP) is 0.303. The molecule has 12 heavy (non-hydrogen) atoms. The molecule has 0 heterocycles. The fraction of sp³-hybridized carbons (Fsp3) is 0.125. The van der Waals surface area contributed by atoms with Crippen LogP contribution in [0.1, 0.15) is 0 Å². The van der Waals surface area contributed by atoms with Crippen LogP contribution in [0.5, 0.6) is 0 Å². The molecule has 1 rings (SSSR count). The van der Waals surface area contributed by atoms with Crippen LogP contribution in [-0.4, -0.2) is 12.6 Å². The second-order valence-electron chi connectivity index (χ2n) is 2.33. The molecule has 0 unspecified atom stereocenters. The van der Waals surface area contributed by atoms with Crippen LogP contribution in [0.2, 0.25) is 0 Å². The van der Waals surface area contributed by atoms with E-state index in [1.54, 1.807) is 0 Å². The zero-order valence-corrected chi connectivity index (χ0v) is 6.70. The molecule has 64 valence electrons. The van der Waals surface area contributed by atoms with Gasteiger partial charge in [-0.15, -0.1) is 0 Å². The van der Waals surface area contributed by atoms with Gasteiger partial charge in [-0.25, -0.2) is 0 Å². The smallest absolute Gasteiger partial charge is 0.194 e. The standard InChI is InChI=1S/C8H12N4/c9-6-12(8(10)11)7-4-2-1-3-5-7/h1-5H,6,9H2,(H3,10,11). The first-order valence-electron chi connectivity index (χ1n) is 3.62. The Morgan fingerprint density at radius 3 is 2.33 bits per heavy atom. The average Bonchev–Trinajstić information content (AvgIpc) is 2.07. The van der Waals surface area contributed by atoms with E-state index in [-0.39, 0.29) is 12.6 Å². The molecule has 0 aliphatic carbocycles. The third kappa shape index (κ3) is 1.73. The van der Waals surface area contributed by atoms with E-state index < -0.39 is 0 Å². The van der Waals surface area contributed by atoms with E-state index in [1.165, 1.54) is 4.90 Å². The van der Waals surface area contributed by atoms with Crippen molar-refractivity contribution in [1.82, 2.24) is 0 Å². The van der Waals surface area contributed by atoms with Crippen molar-refractivity contribution in [2.24, 2.45) is 11.5 Å². The van der Waals surface area contributed by atoms with Crippen LogP contribution < -0.4 is 16.4 Å². The fourth-order valence-electron chi connectivity index (χ4n) is 0.951. The quantitative estimate of drug-likeness (QED) is 0.334. The van der Waals surface area contributed by atoms with Gasteiger partial charge in [0.05, 0.1) is 6.67 Å². The molecule has 0 aliphatic heterocycles. The van der Waals surface area contributed by atoms with Crippen molar-refractivity contribution in [1.29, 1.82) is 5.41 Å². The van der Waals surface area contributed by atoms with Crippen LogP contribution in [0, 0.1) is 5.41 Å². The van der Waals surface area contributed by atoms with Crippen LogP contribution in [0.15, 0.2) is 30.3 Å². The van der Waals surface area contributed by atoms with Gasteiger partial charge in [0.25, 0.3) is 0 Å². The van der Waals surface area contributed by atoms with Gasteiger partial charge in [0.15, 0.2) is 5.96 Å². The summed E-state index contributed by atoms with van der Waals surface area (Å²) in [4.78, 5) is 1.51. The molecule has 1 aromatic rings. The first kappa shape index (κ1) is 8.55. The monoisotopic (exact) mass is 164 g/mol. The number of benzene rings is 1. The molecule has 0 atom stereocenters. The SMILES string of the molecule is N=C(N)N(CN)c1ccccc1. The molecule has 5 N–H and O–H groups in total. The van der Waals surface area contributed by atoms with Gasteiger partial charge in [-0.3, -0.25) is 5.41 Å². The Hall–Kier alpha value is -1.55. The lowest BCUT2D eigenvalue weighted by Gasteiger charge is -2.19. The van der Waals surface area contributed by atoms with E-state index in [0.29, 0.717) is 0 Å². The van der Waals surface area contributed by atoms with Gasteiger partial charge in [-0.2, -0.15) is 0 Å². The highest BCUT2D eigenvalue weighted by molar-refractivity contribution is 5.92. The number of guanidine groups is 1. The van der Waals surface area contributed by atoms with Crippen molar-refractivity contribution in [3.63, 3.8) is 0 Å². The Morgan fingerprint density at radius 1 is 1.33 bits per heavy atom. The van der Waals surface area contributed by atoms with Gasteiger partial charge in [-0.1, -0.05) is 18.2 Å². The van der Waals surface area contributed by atoms with Crippen LogP contribution in [0.3, 0.4) is 0 Å². The van der Waals surface area contributed by atoms with Crippen molar-refractivity contribution < 1.29 is 0 Å². The van der Waals surface area contributed by atoms with Crippen LogP contribution in [-0.2, 0) is 0 Å². The number of para-hydroxylation sites is 1. The summed E-state index contributed by atoms with van der Waals surface area (Å²) in [7, 11) is 0. The Bertz CT molecular complexity index is 257. The van der Waals surface area contributed by atoms with Gasteiger partial charge >= 0.3 is 0 Å². The molecule has 0 fully saturated rings. The number of hydrogen-bond acceptors (Lipinski definition) is 2. The number of rotatable bonds is 2. The molecule has 0 bridgehead atoms. The average molecular weight is 164 g/mol. The van der Waals surface area contributed by atoms with Gasteiger partial charge < -0.3 is 16.4 Å². The van der Waals surface area contributed by atoms with Crippen molar-refractivity contribution in [3.8, 4) is 0 Å². The van der Waals surface area contributed by atoms with Crippen molar-refractivity contribution >= 4 is 11.6 Å². The van der Waals surface area contributed by atoms with Crippen molar-refractivity contribution in [3.05, 3.63) is 30.3 Å². The maximum atomic E-state index is 7.21. The summed E-state index contributed by atoms with van der Waals surface area (Å²) in [5.74, 6) is -0.0382. The Labute approximate surface area is 71.3 Å². The minimum absolute atomic E-state index is 0.0382. The molecule has 0 spiro atoms. The zero-order valence-electron chi connectivity index (χ0n) is 6.70. The van der Waals surface area contributed by atoms with Gasteiger partial charge in [0.1, 0.15) is 0 Å². The summed E-state index contributed by atoms with van der Waals surface area (Å²) in [5.41, 5.74) is 11.6. The second-order valence-corrected chi connectivity index (χ2v) is 2.33. The Kier molecular flexibility index (Phi) is 2.66. The molecular formula is C8H12N4. The highest BCUT2D eigenvalue weighted by Gasteiger charge is 2.04. The lowest BCUT2D eigenvalue weighted by Crippen LogP contribution is -2.40. The summed E-state index contributed by atoms with van der Waals surface area (Å²) in [6, 6.07) is 9.36. The van der Waals surface area contributed by atoms with Crippen molar-refractivity contribution in [2.75, 3.05) is 11.6 Å². The van der Waals surface area contributed by atoms with E-state index >= 15 is 0 Å². The molecule has 0 saturated heterocycles. The molecule has 0 radical (unpaired) electrons. The van der Waals surface area contributed by atoms with E-state index in [9.17, 15) is 0 Å². The largest absolute Gasteiger partial charge is 0.370 e. The summed E-state index contributed by atoms with van der Waals surface area (Å²) >= 11 is 0. The molecule has 0 amide bonds. The molecule has 0 aromatic heterocycles. The van der Waals surface area contributed by atoms with Gasteiger partial charge in [-0.05, 0) is 12.1 Å². The number of anilines is 1. The number of nitrogens with one attached hydrogen (secondary N) is 1. The van der Waals surface area contributed by atoms with Crippen LogP contribution >= 0.6 is 0 Å². The third-order valence-corrected chi connectivity index (χ3v) is 1.54. The van der Waals surface area contributed by atoms with E-state index in [0.717, 1.165) is 5.69 Å². The summed E-state index contributed by atoms with van der Waals surface area (Å²) in [6.45, 7) is 0.222. The van der Waals surface area contributed by atoms with E-state index in [2.05, 4.69) is 0 Å². The highest BCUT2D eigenvalue weighted by Crippen LogP contribution is 2.10. The van der Waals surface area contributed by atoms with Crippen LogP contribution in [0.25, 0.3) is 0 Å². The molecule has 0 aliphatic rings. The third-order valence-electron chi connectivity index (χ3n) is 1.54. The lowest BCUT2D eigenvalue weighted by molar-refractivity contribution is 0.992. The number of nitrogens with zero attached hydrogens (tertiary/aromatic N) is 1. The first-order chi connectivity index (χ1) is 5.75. The van der Waals surface area contributed by atoms with E-state index in [1.807, 2.05) is 30.3 Å². The maximum absolute atomic E-state index is 7.21. The maximum Gasteiger partial charge on any atom is 0.194 e. The lowest BCUT2D eigenvalue weighted by atomic mass is 10.3. The van der Waals surface area contributed by atoms with Gasteiger partial charge in [0, 0.05) is 5.69 Å². The summed E-state index contributed by atoms with van der Waals surface area (Å²) in [5, 5.41) is 7.21. The highest BCUT2D eigenvalue weighted by atomic mass is 15.3. The summed E-state index contributed by atoms with van der Waals surface area (Å²) < 4.78 is 0. The fourth-order valence-corrected chi connectivity index (χ4v) is 0.951. The molecule has 4 heteroatoms. The normalized spacial score (nSPS) is 9.42. The first-order valence-corrected chi connectivity index (χ1v) is 3.62. The summed E-state index contributed by atoms with van der Waals surface area (Å²) in [6.07, 6.45) is 0. The molecule has 0 saturated carbocycles. The van der Waals surface area contributed by atoms with E-state index in [4.69, 9.17) is 16.9 Å². The number of hydrogen-bond donors (Lipinski definition) is 3. The second kappa shape index (κ2) is 3.73. The Morgan fingerprint density at radius 2 is 1.92 bits per heavy atom. The topological polar surface area (TPSA) is 79.1 Å². The predicted molar refractivity (Wildman–Crippen MR) is 49.9 cm³/mol. The number of nitrogens with two attached hydrogens (primary N) is 2. The molecule has 1 aromatic carbocycles.